The molecule has 0 aliphatic rings. The highest BCUT2D eigenvalue weighted by atomic mass is 79.9. The molecule has 0 N–H and O–H groups in total. The van der Waals surface area contributed by atoms with Gasteiger partial charge in [-0.25, -0.2) is 0 Å². The first kappa shape index (κ1) is 12.9. The van der Waals surface area contributed by atoms with E-state index in [1.165, 1.54) is 0 Å². The maximum atomic E-state index is 6.09. The molecule has 1 aromatic carbocycles. The van der Waals surface area contributed by atoms with Gasteiger partial charge in [0, 0.05) is 21.0 Å². The molecule has 88 valence electrons. The van der Waals surface area contributed by atoms with Crippen LogP contribution in [-0.2, 0) is 5.33 Å². The molecule has 0 spiro atoms. The van der Waals surface area contributed by atoms with Crippen molar-refractivity contribution in [1.82, 2.24) is 4.98 Å². The van der Waals surface area contributed by atoms with Gasteiger partial charge < -0.3 is 4.74 Å². The van der Waals surface area contributed by atoms with Gasteiger partial charge in [0.25, 0.3) is 0 Å². The SMILES string of the molecule is Clc1cc(Oc2cncc(Br)c2)ccc1CBr. The molecule has 0 saturated carbocycles. The summed E-state index contributed by atoms with van der Waals surface area (Å²) in [5, 5.41) is 1.41. The maximum absolute atomic E-state index is 6.09. The summed E-state index contributed by atoms with van der Waals surface area (Å²) in [6.45, 7) is 0. The third kappa shape index (κ3) is 3.44. The number of ether oxygens (including phenoxy) is 1. The molecule has 0 fully saturated rings. The van der Waals surface area contributed by atoms with Crippen LogP contribution in [-0.4, -0.2) is 4.98 Å². The Kier molecular flexibility index (Phi) is 4.42. The van der Waals surface area contributed by atoms with Crippen LogP contribution in [0.1, 0.15) is 5.56 Å². The van der Waals surface area contributed by atoms with Gasteiger partial charge in [-0.2, -0.15) is 0 Å². The Morgan fingerprint density at radius 3 is 2.65 bits per heavy atom. The van der Waals surface area contributed by atoms with Crippen LogP contribution in [0.15, 0.2) is 41.1 Å². The highest BCUT2D eigenvalue weighted by Gasteiger charge is 2.03. The average Bonchev–Trinajstić information content (AvgIpc) is 2.29. The van der Waals surface area contributed by atoms with Crippen molar-refractivity contribution >= 4 is 43.5 Å². The van der Waals surface area contributed by atoms with E-state index in [2.05, 4.69) is 36.8 Å². The molecule has 0 saturated heterocycles. The topological polar surface area (TPSA) is 22.1 Å². The number of pyridine rings is 1. The van der Waals surface area contributed by atoms with Crippen molar-refractivity contribution in [3.8, 4) is 11.5 Å². The van der Waals surface area contributed by atoms with Crippen molar-refractivity contribution in [2.24, 2.45) is 0 Å². The third-order valence-electron chi connectivity index (χ3n) is 2.08. The Morgan fingerprint density at radius 1 is 1.18 bits per heavy atom. The molecule has 0 amide bonds. The largest absolute Gasteiger partial charge is 0.456 e. The second-order valence-electron chi connectivity index (χ2n) is 3.33. The smallest absolute Gasteiger partial charge is 0.146 e. The fraction of sp³-hybridized carbons (Fsp3) is 0.0833. The number of benzene rings is 1. The Labute approximate surface area is 121 Å². The Bertz CT molecular complexity index is 534. The third-order valence-corrected chi connectivity index (χ3v) is 3.47. The van der Waals surface area contributed by atoms with Crippen molar-refractivity contribution in [2.45, 2.75) is 5.33 Å². The van der Waals surface area contributed by atoms with Crippen molar-refractivity contribution in [1.29, 1.82) is 0 Å². The van der Waals surface area contributed by atoms with E-state index in [0.29, 0.717) is 16.5 Å². The van der Waals surface area contributed by atoms with Crippen molar-refractivity contribution < 1.29 is 4.74 Å². The number of aromatic nitrogens is 1. The Balaban J connectivity index is 2.22. The summed E-state index contributed by atoms with van der Waals surface area (Å²) in [5.74, 6) is 1.36. The van der Waals surface area contributed by atoms with Gasteiger partial charge in [-0.1, -0.05) is 33.6 Å². The summed E-state index contributed by atoms with van der Waals surface area (Å²) in [6.07, 6.45) is 3.35. The van der Waals surface area contributed by atoms with Gasteiger partial charge in [-0.15, -0.1) is 0 Å². The number of halogens is 3. The van der Waals surface area contributed by atoms with E-state index in [0.717, 1.165) is 15.4 Å². The van der Waals surface area contributed by atoms with E-state index < -0.39 is 0 Å². The summed E-state index contributed by atoms with van der Waals surface area (Å²) in [6, 6.07) is 7.44. The lowest BCUT2D eigenvalue weighted by Crippen LogP contribution is -1.87. The van der Waals surface area contributed by atoms with Gasteiger partial charge in [0.1, 0.15) is 11.5 Å². The summed E-state index contributed by atoms with van der Waals surface area (Å²) >= 11 is 12.8. The lowest BCUT2D eigenvalue weighted by Gasteiger charge is -2.07. The van der Waals surface area contributed by atoms with Crippen LogP contribution < -0.4 is 4.74 Å². The Hall–Kier alpha value is -0.580. The number of hydrogen-bond donors (Lipinski definition) is 0. The molecule has 0 aliphatic carbocycles. The normalized spacial score (nSPS) is 10.3. The van der Waals surface area contributed by atoms with Gasteiger partial charge in [-0.05, 0) is 39.7 Å². The average molecular weight is 377 g/mol. The highest BCUT2D eigenvalue weighted by Crippen LogP contribution is 2.28. The molecule has 0 aliphatic heterocycles. The van der Waals surface area contributed by atoms with Crippen molar-refractivity contribution in [3.63, 3.8) is 0 Å². The molecule has 17 heavy (non-hydrogen) atoms. The minimum Gasteiger partial charge on any atom is -0.456 e. The lowest BCUT2D eigenvalue weighted by atomic mass is 10.2. The minimum absolute atomic E-state index is 0.669. The second kappa shape index (κ2) is 5.85. The van der Waals surface area contributed by atoms with Crippen LogP contribution in [0.2, 0.25) is 5.02 Å². The molecular weight excluding hydrogens is 369 g/mol. The molecule has 2 rings (SSSR count). The van der Waals surface area contributed by atoms with Crippen LogP contribution in [0.4, 0.5) is 0 Å². The minimum atomic E-state index is 0.669. The molecule has 1 heterocycles. The second-order valence-corrected chi connectivity index (χ2v) is 5.21. The number of hydrogen-bond acceptors (Lipinski definition) is 2. The van der Waals surface area contributed by atoms with Gasteiger partial charge >= 0.3 is 0 Å². The van der Waals surface area contributed by atoms with Gasteiger partial charge in [-0.3, -0.25) is 4.98 Å². The zero-order valence-electron chi connectivity index (χ0n) is 8.66. The van der Waals surface area contributed by atoms with Crippen molar-refractivity contribution in [3.05, 3.63) is 51.7 Å². The fourth-order valence-corrected chi connectivity index (χ4v) is 2.52. The zero-order chi connectivity index (χ0) is 12.3. The first-order valence-corrected chi connectivity index (χ1v) is 7.11. The summed E-state index contributed by atoms with van der Waals surface area (Å²) in [4.78, 5) is 4.02. The molecule has 5 heteroatoms. The van der Waals surface area contributed by atoms with Crippen molar-refractivity contribution in [2.75, 3.05) is 0 Å². The maximum Gasteiger partial charge on any atom is 0.146 e. The first-order valence-electron chi connectivity index (χ1n) is 4.82. The summed E-state index contributed by atoms with van der Waals surface area (Å²) in [7, 11) is 0. The van der Waals surface area contributed by atoms with E-state index in [-0.39, 0.29) is 0 Å². The first-order chi connectivity index (χ1) is 8.19. The standard InChI is InChI=1S/C12H8Br2ClNO/c13-5-8-1-2-10(4-12(8)15)17-11-3-9(14)6-16-7-11/h1-4,6-7H,5H2. The fourth-order valence-electron chi connectivity index (χ4n) is 1.28. The molecule has 0 radical (unpaired) electrons. The van der Waals surface area contributed by atoms with Crippen LogP contribution in [0.25, 0.3) is 0 Å². The van der Waals surface area contributed by atoms with Gasteiger partial charge in [0.05, 0.1) is 6.20 Å². The van der Waals surface area contributed by atoms with Crippen LogP contribution in [0.3, 0.4) is 0 Å². The molecule has 2 nitrogen and oxygen atoms in total. The number of rotatable bonds is 3. The van der Waals surface area contributed by atoms with Crippen LogP contribution >= 0.6 is 43.5 Å². The Morgan fingerprint density at radius 2 is 2.00 bits per heavy atom. The van der Waals surface area contributed by atoms with E-state index in [4.69, 9.17) is 16.3 Å². The molecule has 1 aromatic heterocycles. The predicted molar refractivity (Wildman–Crippen MR) is 76.1 cm³/mol. The molecule has 2 aromatic rings. The predicted octanol–water partition coefficient (Wildman–Crippen LogP) is 5.18. The van der Waals surface area contributed by atoms with Crippen LogP contribution in [0.5, 0.6) is 11.5 Å². The van der Waals surface area contributed by atoms with Gasteiger partial charge in [0.2, 0.25) is 0 Å². The molecule has 0 unspecified atom stereocenters. The lowest BCUT2D eigenvalue weighted by molar-refractivity contribution is 0.480. The number of alkyl halides is 1. The van der Waals surface area contributed by atoms with E-state index in [1.807, 2.05) is 18.2 Å². The monoisotopic (exact) mass is 375 g/mol. The van der Waals surface area contributed by atoms with Crippen LogP contribution in [0, 0.1) is 0 Å². The van der Waals surface area contributed by atoms with E-state index in [9.17, 15) is 0 Å². The van der Waals surface area contributed by atoms with E-state index >= 15 is 0 Å². The van der Waals surface area contributed by atoms with E-state index in [1.54, 1.807) is 18.5 Å². The summed E-state index contributed by atoms with van der Waals surface area (Å²) in [5.41, 5.74) is 1.03. The summed E-state index contributed by atoms with van der Waals surface area (Å²) < 4.78 is 6.52. The number of nitrogens with zero attached hydrogens (tertiary/aromatic N) is 1. The highest BCUT2D eigenvalue weighted by molar-refractivity contribution is 9.10. The zero-order valence-corrected chi connectivity index (χ0v) is 12.6. The molecule has 0 atom stereocenters. The molecular formula is C12H8Br2ClNO. The quantitative estimate of drug-likeness (QED) is 0.687. The molecule has 0 bridgehead atoms. The van der Waals surface area contributed by atoms with Gasteiger partial charge in [0.15, 0.2) is 0 Å².